The lowest BCUT2D eigenvalue weighted by Crippen LogP contribution is -2.50. The number of hydrogen-bond donors (Lipinski definition) is 6. The predicted molar refractivity (Wildman–Crippen MR) is 181 cm³/mol. The number of aliphatic hydroxyl groups excluding tert-OH is 2. The Hall–Kier alpha value is -4.71. The van der Waals surface area contributed by atoms with E-state index in [1.807, 2.05) is 78.9 Å². The number of aromatic nitrogens is 2. The highest BCUT2D eigenvalue weighted by Crippen LogP contribution is 2.35. The molecule has 0 bridgehead atoms. The lowest BCUT2D eigenvalue weighted by Gasteiger charge is -2.36. The fourth-order valence-electron chi connectivity index (χ4n) is 6.24. The van der Waals surface area contributed by atoms with E-state index in [-0.39, 0.29) is 31.3 Å². The fourth-order valence-corrected chi connectivity index (χ4v) is 6.56. The third-order valence-electron chi connectivity index (χ3n) is 8.69. The third kappa shape index (κ3) is 7.70. The van der Waals surface area contributed by atoms with Crippen molar-refractivity contribution in [3.63, 3.8) is 0 Å². The van der Waals surface area contributed by atoms with Gasteiger partial charge in [0, 0.05) is 18.5 Å². The molecule has 1 aromatic heterocycles. The van der Waals surface area contributed by atoms with Crippen molar-refractivity contribution in [2.75, 3.05) is 12.1 Å². The van der Waals surface area contributed by atoms with Crippen LogP contribution < -0.4 is 10.5 Å². The number of ether oxygens (including phenoxy) is 1. The molecule has 5 aromatic rings. The van der Waals surface area contributed by atoms with Crippen molar-refractivity contribution in [3.05, 3.63) is 125 Å². The maximum absolute atomic E-state index is 14.9. The van der Waals surface area contributed by atoms with E-state index in [0.717, 1.165) is 27.6 Å². The minimum Gasteiger partial charge on any atom is -0.481 e. The highest BCUT2D eigenvalue weighted by molar-refractivity contribution is 7.51. The van der Waals surface area contributed by atoms with Crippen LogP contribution in [0.15, 0.2) is 103 Å². The Morgan fingerprint density at radius 1 is 0.750 bits per heavy atom. The summed E-state index contributed by atoms with van der Waals surface area (Å²) in [5, 5.41) is 31.6. The topological polar surface area (TPSA) is 185 Å². The van der Waals surface area contributed by atoms with Crippen LogP contribution in [0.1, 0.15) is 22.3 Å². The monoisotopic (exact) mass is 671 g/mol. The summed E-state index contributed by atoms with van der Waals surface area (Å²) in [5.74, 6) is 0.599. The van der Waals surface area contributed by atoms with Gasteiger partial charge < -0.3 is 40.3 Å². The first-order valence-corrected chi connectivity index (χ1v) is 17.4. The Kier molecular flexibility index (Phi) is 9.81. The second kappa shape index (κ2) is 14.2. The van der Waals surface area contributed by atoms with E-state index in [0.29, 0.717) is 17.8 Å². The van der Waals surface area contributed by atoms with Crippen LogP contribution in [0.5, 0.6) is 5.75 Å². The molecular weight excluding hydrogens is 633 g/mol. The number of H-pyrrole nitrogens is 1. The standard InChI is InChI=1S/C35H38N5O7P/c36-34-28-17-26(13-16-29(28)37-38-34)21-40-31(19-24-9-5-2-6-10-24)33(42)32(41)30(18-23-7-3-1-4-8-23)39(35(40)43)20-25-11-14-27(15-12-25)47-22-48(44,45)46/h1-17,30-33,41-42H,18-22H2,(H3,36,37,38)(H2,44,45,46)/t30-,31-,32+,33+/m1/s1. The van der Waals surface area contributed by atoms with Gasteiger partial charge in [0.1, 0.15) is 18.0 Å². The van der Waals surface area contributed by atoms with Crippen molar-refractivity contribution < 1.29 is 34.1 Å². The molecule has 2 amide bonds. The molecule has 1 aliphatic rings. The van der Waals surface area contributed by atoms with Crippen LogP contribution in [0.3, 0.4) is 0 Å². The molecule has 6 rings (SSSR count). The number of amides is 2. The van der Waals surface area contributed by atoms with Crippen molar-refractivity contribution in [2.24, 2.45) is 0 Å². The molecule has 12 nitrogen and oxygen atoms in total. The van der Waals surface area contributed by atoms with Crippen molar-refractivity contribution in [1.82, 2.24) is 20.0 Å². The summed E-state index contributed by atoms with van der Waals surface area (Å²) in [6, 6.07) is 29.3. The molecule has 0 spiro atoms. The first kappa shape index (κ1) is 33.2. The molecule has 1 saturated heterocycles. The maximum atomic E-state index is 14.9. The lowest BCUT2D eigenvalue weighted by atomic mass is 9.91. The molecule has 1 aliphatic heterocycles. The van der Waals surface area contributed by atoms with Crippen LogP contribution >= 0.6 is 7.60 Å². The lowest BCUT2D eigenvalue weighted by molar-refractivity contribution is -0.0408. The highest BCUT2D eigenvalue weighted by Gasteiger charge is 2.46. The van der Waals surface area contributed by atoms with Gasteiger partial charge in [0.15, 0.2) is 12.2 Å². The van der Waals surface area contributed by atoms with Crippen LogP contribution in [-0.2, 0) is 30.5 Å². The van der Waals surface area contributed by atoms with Gasteiger partial charge in [0.25, 0.3) is 0 Å². The number of hydrogen-bond acceptors (Lipinski definition) is 7. The average molecular weight is 672 g/mol. The van der Waals surface area contributed by atoms with Gasteiger partial charge in [-0.2, -0.15) is 5.10 Å². The number of carbonyl (C=O) groups excluding carboxylic acids is 1. The second-order valence-corrected chi connectivity index (χ2v) is 13.7. The first-order valence-electron chi connectivity index (χ1n) is 15.6. The van der Waals surface area contributed by atoms with E-state index >= 15 is 0 Å². The van der Waals surface area contributed by atoms with Gasteiger partial charge in [-0.1, -0.05) is 78.9 Å². The zero-order chi connectivity index (χ0) is 33.8. The second-order valence-electron chi connectivity index (χ2n) is 12.1. The molecule has 13 heteroatoms. The van der Waals surface area contributed by atoms with Gasteiger partial charge in [0.05, 0.1) is 17.6 Å². The SMILES string of the molecule is Nc1n[nH]c2ccc(CN3C(=O)N(Cc4ccc(OCP(=O)(O)O)cc4)[C@H](Cc4ccccc4)[C@H](O)[C@@H](O)[C@H]3Cc3ccccc3)cc12. The quantitative estimate of drug-likeness (QED) is 0.113. The maximum Gasteiger partial charge on any atom is 0.362 e. The third-order valence-corrected chi connectivity index (χ3v) is 9.16. The van der Waals surface area contributed by atoms with Crippen molar-refractivity contribution in [3.8, 4) is 5.75 Å². The van der Waals surface area contributed by atoms with Gasteiger partial charge >= 0.3 is 13.6 Å². The zero-order valence-electron chi connectivity index (χ0n) is 26.0. The molecule has 4 aromatic carbocycles. The predicted octanol–water partition coefficient (Wildman–Crippen LogP) is 4.04. The Bertz CT molecular complexity index is 1880. The van der Waals surface area contributed by atoms with Gasteiger partial charge in [-0.25, -0.2) is 4.79 Å². The average Bonchev–Trinajstić information content (AvgIpc) is 3.44. The summed E-state index contributed by atoms with van der Waals surface area (Å²) >= 11 is 0. The number of urea groups is 1. The molecule has 48 heavy (non-hydrogen) atoms. The summed E-state index contributed by atoms with van der Waals surface area (Å²) < 4.78 is 16.5. The molecule has 4 atom stereocenters. The van der Waals surface area contributed by atoms with Crippen molar-refractivity contribution in [1.29, 1.82) is 0 Å². The number of benzene rings is 4. The van der Waals surface area contributed by atoms with E-state index in [1.165, 1.54) is 0 Å². The number of aliphatic hydroxyl groups is 2. The number of nitrogens with two attached hydrogens (primary N) is 1. The van der Waals surface area contributed by atoms with Crippen molar-refractivity contribution in [2.45, 2.75) is 50.2 Å². The van der Waals surface area contributed by atoms with Gasteiger partial charge in [-0.15, -0.1) is 0 Å². The minimum atomic E-state index is -4.36. The molecule has 7 N–H and O–H groups in total. The first-order chi connectivity index (χ1) is 23.1. The van der Waals surface area contributed by atoms with Gasteiger partial charge in [0.2, 0.25) is 0 Å². The molecule has 2 heterocycles. The summed E-state index contributed by atoms with van der Waals surface area (Å²) in [6.07, 6.45) is -2.76. The Balaban J connectivity index is 1.39. The van der Waals surface area contributed by atoms with E-state index in [4.69, 9.17) is 10.5 Å². The summed E-state index contributed by atoms with van der Waals surface area (Å²) in [6.45, 7) is 0.214. The van der Waals surface area contributed by atoms with Crippen LogP contribution in [-0.4, -0.2) is 76.7 Å². The number of nitrogens with one attached hydrogen (secondary N) is 1. The number of fused-ring (bicyclic) bond motifs is 1. The van der Waals surface area contributed by atoms with Crippen LogP contribution in [0.2, 0.25) is 0 Å². The molecule has 0 saturated carbocycles. The normalized spacial score (nSPS) is 20.2. The fraction of sp³-hybridized carbons (Fsp3) is 0.257. The molecule has 250 valence electrons. The van der Waals surface area contributed by atoms with Crippen molar-refractivity contribution >= 4 is 30.3 Å². The number of nitrogen functional groups attached to an aromatic ring is 1. The summed E-state index contributed by atoms with van der Waals surface area (Å²) in [7, 11) is -4.36. The Morgan fingerprint density at radius 2 is 1.27 bits per heavy atom. The number of rotatable bonds is 11. The molecule has 0 aliphatic carbocycles. The van der Waals surface area contributed by atoms with Gasteiger partial charge in [-0.05, 0) is 59.4 Å². The van der Waals surface area contributed by atoms with Crippen LogP contribution in [0.4, 0.5) is 10.6 Å². The van der Waals surface area contributed by atoms with Crippen LogP contribution in [0.25, 0.3) is 10.9 Å². The molecule has 0 unspecified atom stereocenters. The summed E-state index contributed by atoms with van der Waals surface area (Å²) in [4.78, 5) is 36.5. The molecule has 0 radical (unpaired) electrons. The van der Waals surface area contributed by atoms with E-state index in [2.05, 4.69) is 10.2 Å². The number of nitrogens with zero attached hydrogens (tertiary/aromatic N) is 3. The summed E-state index contributed by atoms with van der Waals surface area (Å²) in [5.41, 5.74) is 10.1. The Morgan fingerprint density at radius 3 is 1.81 bits per heavy atom. The van der Waals surface area contributed by atoms with Crippen LogP contribution in [0, 0.1) is 0 Å². The molecular formula is C35H38N5O7P. The Labute approximate surface area is 277 Å². The highest BCUT2D eigenvalue weighted by atomic mass is 31.2. The zero-order valence-corrected chi connectivity index (χ0v) is 26.9. The van der Waals surface area contributed by atoms with E-state index in [1.54, 1.807) is 34.1 Å². The molecule has 1 fully saturated rings. The van der Waals surface area contributed by atoms with E-state index < -0.39 is 38.2 Å². The van der Waals surface area contributed by atoms with E-state index in [9.17, 15) is 29.4 Å². The smallest absolute Gasteiger partial charge is 0.362 e. The largest absolute Gasteiger partial charge is 0.481 e. The van der Waals surface area contributed by atoms with Gasteiger partial charge in [-0.3, -0.25) is 9.66 Å². The number of anilines is 1. The number of aromatic amines is 1. The minimum absolute atomic E-state index is 0.0845. The number of carbonyl (C=O) groups is 1.